The normalized spacial score (nSPS) is 12.5. The first kappa shape index (κ1) is 25.7. The van der Waals surface area contributed by atoms with Gasteiger partial charge >= 0.3 is 15.2 Å². The minimum atomic E-state index is -3.84. The van der Waals surface area contributed by atoms with E-state index >= 15 is 0 Å². The largest absolute Gasteiger partial charge is 0.345 e. The van der Waals surface area contributed by atoms with Crippen molar-refractivity contribution in [2.45, 2.75) is 45.9 Å². The third kappa shape index (κ3) is 7.17. The van der Waals surface area contributed by atoms with E-state index in [1.54, 1.807) is 45.9 Å². The van der Waals surface area contributed by atoms with Crippen molar-refractivity contribution >= 4 is 36.9 Å². The van der Waals surface area contributed by atoms with Gasteiger partial charge in [0.05, 0.1) is 26.4 Å². The van der Waals surface area contributed by atoms with Gasteiger partial charge in [-0.25, -0.2) is 0 Å². The average molecular weight is 499 g/mol. The first-order valence-electron chi connectivity index (χ1n) is 9.32. The lowest BCUT2D eigenvalue weighted by atomic mass is 10.1. The molecule has 0 N–H and O–H groups in total. The zero-order valence-corrected chi connectivity index (χ0v) is 20.1. The number of hydrogen-bond acceptors (Lipinski definition) is 7. The second-order valence-corrected chi connectivity index (χ2v) is 11.5. The Hall–Kier alpha value is -0.330. The highest BCUT2D eigenvalue weighted by Gasteiger charge is 2.50. The van der Waals surface area contributed by atoms with Crippen molar-refractivity contribution in [2.75, 3.05) is 26.4 Å². The molecule has 1 aromatic carbocycles. The van der Waals surface area contributed by atoms with Crippen molar-refractivity contribution in [2.24, 2.45) is 0 Å². The summed E-state index contributed by atoms with van der Waals surface area (Å²) in [7, 11) is -7.68. The van der Waals surface area contributed by atoms with Gasteiger partial charge in [0.15, 0.2) is 11.2 Å². The maximum absolute atomic E-state index is 13.4. The molecular weight excluding hydrogens is 470 g/mol. The van der Waals surface area contributed by atoms with Gasteiger partial charge < -0.3 is 18.1 Å². The highest BCUT2D eigenvalue weighted by molar-refractivity contribution is 9.10. The Bertz CT molecular complexity index is 676. The van der Waals surface area contributed by atoms with Crippen molar-refractivity contribution in [1.82, 2.24) is 0 Å². The molecule has 0 saturated carbocycles. The summed E-state index contributed by atoms with van der Waals surface area (Å²) in [5, 5.41) is -1.18. The van der Waals surface area contributed by atoms with Crippen LogP contribution < -0.4 is 0 Å². The summed E-state index contributed by atoms with van der Waals surface area (Å²) < 4.78 is 49.3. The Morgan fingerprint density at radius 3 is 1.79 bits per heavy atom. The Balaban J connectivity index is 3.20. The van der Waals surface area contributed by atoms with Crippen LogP contribution >= 0.6 is 31.1 Å². The summed E-state index contributed by atoms with van der Waals surface area (Å²) in [5.74, 6) is -0.176. The third-order valence-electron chi connectivity index (χ3n) is 3.74. The molecule has 0 saturated heterocycles. The molecule has 7 nitrogen and oxygen atoms in total. The molecule has 0 aliphatic heterocycles. The molecule has 0 heterocycles. The van der Waals surface area contributed by atoms with Gasteiger partial charge in [-0.05, 0) is 46.2 Å². The van der Waals surface area contributed by atoms with Crippen LogP contribution in [0.1, 0.15) is 50.9 Å². The van der Waals surface area contributed by atoms with Crippen LogP contribution in [0.5, 0.6) is 0 Å². The van der Waals surface area contributed by atoms with E-state index in [9.17, 15) is 13.9 Å². The van der Waals surface area contributed by atoms with Crippen molar-refractivity contribution in [3.63, 3.8) is 0 Å². The SMILES string of the molecule is CCOP(=O)(OCC)C(CCC(=O)c1cccc(Br)c1)P(=O)(OCC)OCC. The van der Waals surface area contributed by atoms with Crippen LogP contribution in [0.3, 0.4) is 0 Å². The number of rotatable bonds is 14. The minimum Gasteiger partial charge on any atom is -0.308 e. The van der Waals surface area contributed by atoms with E-state index in [-0.39, 0.29) is 45.1 Å². The number of halogens is 1. The molecule has 0 bridgehead atoms. The second-order valence-electron chi connectivity index (χ2n) is 5.70. The summed E-state index contributed by atoms with van der Waals surface area (Å²) in [4.78, 5) is 12.6. The Morgan fingerprint density at radius 2 is 1.39 bits per heavy atom. The maximum atomic E-state index is 13.4. The van der Waals surface area contributed by atoms with E-state index in [0.29, 0.717) is 5.56 Å². The number of carbonyl (C=O) groups excluding carboxylic acids is 1. The monoisotopic (exact) mass is 498 g/mol. The predicted molar refractivity (Wildman–Crippen MR) is 113 cm³/mol. The highest BCUT2D eigenvalue weighted by Crippen LogP contribution is 2.71. The summed E-state index contributed by atoms with van der Waals surface area (Å²) in [5.41, 5.74) is 0.499. The zero-order valence-electron chi connectivity index (χ0n) is 16.8. The summed E-state index contributed by atoms with van der Waals surface area (Å²) >= 11 is 3.33. The fourth-order valence-corrected chi connectivity index (χ4v) is 8.45. The van der Waals surface area contributed by atoms with Crippen LogP contribution in [0.25, 0.3) is 0 Å². The summed E-state index contributed by atoms with van der Waals surface area (Å²) in [6.45, 7) is 7.08. The smallest absolute Gasteiger partial charge is 0.308 e. The molecule has 0 aromatic heterocycles. The Morgan fingerprint density at radius 1 is 0.929 bits per heavy atom. The summed E-state index contributed by atoms with van der Waals surface area (Å²) in [6.07, 6.45) is -0.0186. The lowest BCUT2D eigenvalue weighted by molar-refractivity contribution is 0.0979. The van der Waals surface area contributed by atoms with Crippen molar-refractivity contribution in [3.8, 4) is 0 Å². The van der Waals surface area contributed by atoms with E-state index < -0.39 is 20.6 Å². The number of hydrogen-bond donors (Lipinski definition) is 0. The standard InChI is InChI=1S/C18H29BrO7P2/c1-5-23-27(21,24-6-2)18(28(22,25-7-3)26-8-4)13-12-17(20)15-10-9-11-16(19)14-15/h9-11,14,18H,5-8,12-13H2,1-4H3. The number of Topliss-reactive ketones (excluding diaryl/α,β-unsaturated/α-hetero) is 1. The first-order valence-corrected chi connectivity index (χ1v) is 13.3. The number of carbonyl (C=O) groups is 1. The lowest BCUT2D eigenvalue weighted by Gasteiger charge is -2.31. The molecule has 0 amide bonds. The molecule has 1 aromatic rings. The first-order chi connectivity index (χ1) is 13.3. The van der Waals surface area contributed by atoms with E-state index in [0.717, 1.165) is 4.47 Å². The molecule has 0 unspecified atom stereocenters. The molecule has 28 heavy (non-hydrogen) atoms. The number of benzene rings is 1. The van der Waals surface area contributed by atoms with Gasteiger partial charge in [0.25, 0.3) is 0 Å². The summed E-state index contributed by atoms with van der Waals surface area (Å²) in [6, 6.07) is 6.96. The van der Waals surface area contributed by atoms with Crippen LogP contribution in [-0.2, 0) is 27.2 Å². The molecule has 1 rings (SSSR count). The Kier molecular flexibility index (Phi) is 11.4. The molecular formula is C18H29BrO7P2. The second kappa shape index (κ2) is 12.4. The van der Waals surface area contributed by atoms with Crippen molar-refractivity contribution < 1.29 is 32.0 Å². The van der Waals surface area contributed by atoms with Crippen LogP contribution in [0.2, 0.25) is 0 Å². The fraction of sp³-hybridized carbons (Fsp3) is 0.611. The lowest BCUT2D eigenvalue weighted by Crippen LogP contribution is -2.19. The van der Waals surface area contributed by atoms with Gasteiger partial charge in [0, 0.05) is 16.5 Å². The van der Waals surface area contributed by atoms with Gasteiger partial charge in [0.1, 0.15) is 0 Å². The van der Waals surface area contributed by atoms with Crippen molar-refractivity contribution in [3.05, 3.63) is 34.3 Å². The molecule has 160 valence electrons. The Labute approximate surface area is 175 Å². The van der Waals surface area contributed by atoms with E-state index in [4.69, 9.17) is 18.1 Å². The molecule has 0 fully saturated rings. The van der Waals surface area contributed by atoms with Crippen molar-refractivity contribution in [1.29, 1.82) is 0 Å². The molecule has 0 spiro atoms. The highest BCUT2D eigenvalue weighted by atomic mass is 79.9. The van der Waals surface area contributed by atoms with Gasteiger partial charge in [-0.1, -0.05) is 28.1 Å². The molecule has 0 radical (unpaired) electrons. The quantitative estimate of drug-likeness (QED) is 0.220. The van der Waals surface area contributed by atoms with Gasteiger partial charge in [-0.2, -0.15) is 0 Å². The minimum absolute atomic E-state index is 0.00457. The average Bonchev–Trinajstić information content (AvgIpc) is 2.62. The van der Waals surface area contributed by atoms with Crippen LogP contribution in [0.4, 0.5) is 0 Å². The van der Waals surface area contributed by atoms with Gasteiger partial charge in [-0.3, -0.25) is 13.9 Å². The molecule has 0 atom stereocenters. The zero-order chi connectivity index (χ0) is 21.2. The van der Waals surface area contributed by atoms with E-state index in [1.165, 1.54) is 0 Å². The third-order valence-corrected chi connectivity index (χ3v) is 10.4. The fourth-order valence-electron chi connectivity index (χ4n) is 2.69. The molecule has 0 aliphatic rings. The number of ketones is 1. The molecule has 0 aliphatic carbocycles. The predicted octanol–water partition coefficient (Wildman–Crippen LogP) is 6.27. The topological polar surface area (TPSA) is 88.1 Å². The molecule has 10 heteroatoms. The van der Waals surface area contributed by atoms with Crippen LogP contribution in [0.15, 0.2) is 28.7 Å². The van der Waals surface area contributed by atoms with E-state index in [1.807, 2.05) is 6.07 Å². The maximum Gasteiger partial charge on any atom is 0.345 e. The van der Waals surface area contributed by atoms with Gasteiger partial charge in [-0.15, -0.1) is 0 Å². The van der Waals surface area contributed by atoms with Crippen LogP contribution in [-0.4, -0.2) is 37.6 Å². The van der Waals surface area contributed by atoms with Crippen LogP contribution in [0, 0.1) is 0 Å². The van der Waals surface area contributed by atoms with Gasteiger partial charge in [0.2, 0.25) is 0 Å². The van der Waals surface area contributed by atoms with E-state index in [2.05, 4.69) is 15.9 Å².